The van der Waals surface area contributed by atoms with E-state index in [-0.39, 0.29) is 0 Å². The van der Waals surface area contributed by atoms with Crippen LogP contribution in [-0.2, 0) is 0 Å². The molecule has 0 amide bonds. The van der Waals surface area contributed by atoms with Gasteiger partial charge in [-0.05, 0) is 43.3 Å². The standard InChI is InChI=1S/C15H13BrN4/c1-11-2-6-13(7-3-11)18-15-19-17-10-20(15)14-8-4-12(16)5-9-14/h2-10H,1H3,(H,18,19). The number of anilines is 2. The van der Waals surface area contributed by atoms with Crippen molar-refractivity contribution in [2.45, 2.75) is 6.92 Å². The summed E-state index contributed by atoms with van der Waals surface area (Å²) in [7, 11) is 0. The van der Waals surface area contributed by atoms with E-state index in [0.29, 0.717) is 5.95 Å². The minimum absolute atomic E-state index is 0.691. The van der Waals surface area contributed by atoms with Crippen LogP contribution in [0.25, 0.3) is 5.69 Å². The van der Waals surface area contributed by atoms with Gasteiger partial charge in [-0.1, -0.05) is 33.6 Å². The summed E-state index contributed by atoms with van der Waals surface area (Å²) in [6.45, 7) is 2.06. The van der Waals surface area contributed by atoms with E-state index in [1.807, 2.05) is 41.0 Å². The Labute approximate surface area is 125 Å². The van der Waals surface area contributed by atoms with Gasteiger partial charge in [0.05, 0.1) is 5.69 Å². The second-order valence-corrected chi connectivity index (χ2v) is 5.41. The van der Waals surface area contributed by atoms with Crippen LogP contribution < -0.4 is 5.32 Å². The molecular formula is C15H13BrN4. The lowest BCUT2D eigenvalue weighted by atomic mass is 10.2. The molecule has 2 aromatic carbocycles. The number of aryl methyl sites for hydroxylation is 1. The van der Waals surface area contributed by atoms with Crippen molar-refractivity contribution in [2.75, 3.05) is 5.32 Å². The van der Waals surface area contributed by atoms with Crippen LogP contribution in [0.3, 0.4) is 0 Å². The fraction of sp³-hybridized carbons (Fsp3) is 0.0667. The summed E-state index contributed by atoms with van der Waals surface area (Å²) in [6, 6.07) is 16.2. The Kier molecular flexibility index (Phi) is 3.52. The topological polar surface area (TPSA) is 42.7 Å². The third-order valence-corrected chi connectivity index (χ3v) is 3.49. The lowest BCUT2D eigenvalue weighted by Gasteiger charge is -2.09. The molecule has 0 aliphatic heterocycles. The van der Waals surface area contributed by atoms with Crippen molar-refractivity contribution in [1.29, 1.82) is 0 Å². The summed E-state index contributed by atoms with van der Waals surface area (Å²) in [4.78, 5) is 0. The number of halogens is 1. The van der Waals surface area contributed by atoms with E-state index >= 15 is 0 Å². The van der Waals surface area contributed by atoms with Gasteiger partial charge in [-0.2, -0.15) is 0 Å². The summed E-state index contributed by atoms with van der Waals surface area (Å²) in [5, 5.41) is 11.4. The molecule has 0 saturated carbocycles. The van der Waals surface area contributed by atoms with Gasteiger partial charge in [-0.25, -0.2) is 0 Å². The van der Waals surface area contributed by atoms with Crippen LogP contribution in [0, 0.1) is 6.92 Å². The Morgan fingerprint density at radius 2 is 1.70 bits per heavy atom. The molecule has 20 heavy (non-hydrogen) atoms. The molecule has 3 rings (SSSR count). The van der Waals surface area contributed by atoms with Crippen molar-refractivity contribution < 1.29 is 0 Å². The normalized spacial score (nSPS) is 10.5. The molecule has 4 nitrogen and oxygen atoms in total. The highest BCUT2D eigenvalue weighted by atomic mass is 79.9. The number of hydrogen-bond acceptors (Lipinski definition) is 3. The summed E-state index contributed by atoms with van der Waals surface area (Å²) in [5.41, 5.74) is 3.22. The number of hydrogen-bond donors (Lipinski definition) is 1. The van der Waals surface area contributed by atoms with E-state index in [0.717, 1.165) is 15.8 Å². The van der Waals surface area contributed by atoms with Crippen molar-refractivity contribution in [3.63, 3.8) is 0 Å². The second kappa shape index (κ2) is 5.46. The maximum Gasteiger partial charge on any atom is 0.233 e. The Morgan fingerprint density at radius 1 is 1.00 bits per heavy atom. The van der Waals surface area contributed by atoms with Gasteiger partial charge in [0.25, 0.3) is 0 Å². The molecule has 0 unspecified atom stereocenters. The minimum Gasteiger partial charge on any atom is -0.324 e. The molecule has 1 aromatic heterocycles. The zero-order valence-electron chi connectivity index (χ0n) is 10.9. The molecule has 5 heteroatoms. The van der Waals surface area contributed by atoms with Gasteiger partial charge in [0.2, 0.25) is 5.95 Å². The lowest BCUT2D eigenvalue weighted by Crippen LogP contribution is -2.00. The first kappa shape index (κ1) is 12.9. The maximum absolute atomic E-state index is 4.12. The van der Waals surface area contributed by atoms with E-state index < -0.39 is 0 Å². The van der Waals surface area contributed by atoms with Crippen LogP contribution in [0.1, 0.15) is 5.56 Å². The van der Waals surface area contributed by atoms with Gasteiger partial charge < -0.3 is 5.32 Å². The first-order chi connectivity index (χ1) is 9.72. The Balaban J connectivity index is 1.90. The molecule has 0 aliphatic rings. The van der Waals surface area contributed by atoms with Crippen molar-refractivity contribution >= 4 is 27.6 Å². The number of nitrogens with zero attached hydrogens (tertiary/aromatic N) is 3. The Bertz CT molecular complexity index is 701. The number of aromatic nitrogens is 3. The molecule has 1 heterocycles. The van der Waals surface area contributed by atoms with E-state index in [2.05, 4.69) is 50.5 Å². The number of benzene rings is 2. The number of nitrogens with one attached hydrogen (secondary N) is 1. The fourth-order valence-corrected chi connectivity index (χ4v) is 2.14. The maximum atomic E-state index is 4.12. The average molecular weight is 329 g/mol. The van der Waals surface area contributed by atoms with Crippen molar-refractivity contribution in [3.8, 4) is 5.69 Å². The molecule has 0 bridgehead atoms. The van der Waals surface area contributed by atoms with Crippen molar-refractivity contribution in [2.24, 2.45) is 0 Å². The summed E-state index contributed by atoms with van der Waals surface area (Å²) < 4.78 is 2.95. The second-order valence-electron chi connectivity index (χ2n) is 4.49. The first-order valence-corrected chi connectivity index (χ1v) is 7.01. The van der Waals surface area contributed by atoms with Crippen LogP contribution in [0.2, 0.25) is 0 Å². The fourth-order valence-electron chi connectivity index (χ4n) is 1.88. The highest BCUT2D eigenvalue weighted by molar-refractivity contribution is 9.10. The highest BCUT2D eigenvalue weighted by Gasteiger charge is 2.06. The molecule has 0 fully saturated rings. The van der Waals surface area contributed by atoms with Gasteiger partial charge in [0.15, 0.2) is 0 Å². The third-order valence-electron chi connectivity index (χ3n) is 2.96. The Hall–Kier alpha value is -2.14. The molecule has 0 radical (unpaired) electrons. The average Bonchev–Trinajstić information content (AvgIpc) is 2.90. The predicted octanol–water partition coefficient (Wildman–Crippen LogP) is 4.08. The smallest absolute Gasteiger partial charge is 0.233 e. The van der Waals surface area contributed by atoms with E-state index in [1.54, 1.807) is 6.33 Å². The predicted molar refractivity (Wildman–Crippen MR) is 83.5 cm³/mol. The summed E-state index contributed by atoms with van der Waals surface area (Å²) >= 11 is 3.43. The summed E-state index contributed by atoms with van der Waals surface area (Å²) in [6.07, 6.45) is 1.69. The van der Waals surface area contributed by atoms with Gasteiger partial charge in [-0.3, -0.25) is 4.57 Å². The quantitative estimate of drug-likeness (QED) is 0.787. The zero-order valence-corrected chi connectivity index (χ0v) is 12.5. The van der Waals surface area contributed by atoms with Crippen molar-refractivity contribution in [3.05, 3.63) is 64.9 Å². The lowest BCUT2D eigenvalue weighted by molar-refractivity contribution is 1.06. The minimum atomic E-state index is 0.691. The van der Waals surface area contributed by atoms with Crippen LogP contribution in [-0.4, -0.2) is 14.8 Å². The van der Waals surface area contributed by atoms with Crippen LogP contribution in [0.4, 0.5) is 11.6 Å². The number of rotatable bonds is 3. The molecule has 100 valence electrons. The van der Waals surface area contributed by atoms with Gasteiger partial charge in [0.1, 0.15) is 6.33 Å². The molecule has 0 saturated heterocycles. The molecule has 0 spiro atoms. The van der Waals surface area contributed by atoms with Gasteiger partial charge in [-0.15, -0.1) is 10.2 Å². The molecule has 0 aliphatic carbocycles. The zero-order chi connectivity index (χ0) is 13.9. The largest absolute Gasteiger partial charge is 0.324 e. The van der Waals surface area contributed by atoms with Crippen molar-refractivity contribution in [1.82, 2.24) is 14.8 Å². The van der Waals surface area contributed by atoms with Gasteiger partial charge >= 0.3 is 0 Å². The molecule has 3 aromatic rings. The van der Waals surface area contributed by atoms with E-state index in [9.17, 15) is 0 Å². The first-order valence-electron chi connectivity index (χ1n) is 6.22. The molecule has 0 atom stereocenters. The van der Waals surface area contributed by atoms with Gasteiger partial charge in [0, 0.05) is 10.2 Å². The van der Waals surface area contributed by atoms with E-state index in [4.69, 9.17) is 0 Å². The SMILES string of the molecule is Cc1ccc(Nc2nncn2-c2ccc(Br)cc2)cc1. The summed E-state index contributed by atoms with van der Waals surface area (Å²) in [5.74, 6) is 0.691. The molecular weight excluding hydrogens is 316 g/mol. The van der Waals surface area contributed by atoms with Crippen LogP contribution >= 0.6 is 15.9 Å². The third kappa shape index (κ3) is 2.72. The van der Waals surface area contributed by atoms with Crippen LogP contribution in [0.15, 0.2) is 59.3 Å². The Morgan fingerprint density at radius 3 is 2.40 bits per heavy atom. The van der Waals surface area contributed by atoms with Crippen LogP contribution in [0.5, 0.6) is 0 Å². The monoisotopic (exact) mass is 328 g/mol. The van der Waals surface area contributed by atoms with E-state index in [1.165, 1.54) is 5.56 Å². The highest BCUT2D eigenvalue weighted by Crippen LogP contribution is 2.20. The molecule has 1 N–H and O–H groups in total.